The number of benzene rings is 1. The molecule has 0 bridgehead atoms. The number of thioether (sulfide) groups is 1. The van der Waals surface area contributed by atoms with Gasteiger partial charge in [0, 0.05) is 29.1 Å². The molecule has 1 atom stereocenters. The molecule has 4 N–H and O–H groups in total. The highest BCUT2D eigenvalue weighted by atomic mass is 32.2. The number of rotatable bonds is 4. The Hall–Kier alpha value is -2.58. The number of amides is 1. The second-order valence-corrected chi connectivity index (χ2v) is 6.38. The van der Waals surface area contributed by atoms with Gasteiger partial charge >= 0.3 is 0 Å². The van der Waals surface area contributed by atoms with E-state index in [1.54, 1.807) is 37.4 Å². The number of hydrogen-bond acceptors (Lipinski definition) is 7. The van der Waals surface area contributed by atoms with E-state index in [2.05, 4.69) is 10.3 Å². The van der Waals surface area contributed by atoms with E-state index in [1.165, 1.54) is 13.3 Å². The summed E-state index contributed by atoms with van der Waals surface area (Å²) in [6.07, 6.45) is 1.54. The topological polar surface area (TPSA) is 110 Å². The molecule has 1 aromatic heterocycles. The summed E-state index contributed by atoms with van der Waals surface area (Å²) in [5.41, 5.74) is 8.13. The third-order valence-corrected chi connectivity index (χ3v) is 4.85. The molecule has 0 saturated heterocycles. The summed E-state index contributed by atoms with van der Waals surface area (Å²) < 4.78 is 10.3. The van der Waals surface area contributed by atoms with Gasteiger partial charge in [-0.1, -0.05) is 11.8 Å². The molecule has 1 aliphatic heterocycles. The lowest BCUT2D eigenvalue weighted by atomic mass is 10.1. The van der Waals surface area contributed by atoms with E-state index in [9.17, 15) is 4.79 Å². The molecule has 8 heteroatoms. The third kappa shape index (κ3) is 2.70. The number of pyridine rings is 1. The van der Waals surface area contributed by atoms with Crippen molar-refractivity contribution in [3.63, 3.8) is 0 Å². The Bertz CT molecular complexity index is 827. The quantitative estimate of drug-likeness (QED) is 0.444. The summed E-state index contributed by atoms with van der Waals surface area (Å²) in [4.78, 5) is 15.0. The number of nitrogens with zero attached hydrogens (tertiary/aromatic N) is 1. The lowest BCUT2D eigenvalue weighted by molar-refractivity contribution is -0.117. The molecule has 1 unspecified atom stereocenters. The van der Waals surface area contributed by atoms with Crippen LogP contribution >= 0.6 is 11.8 Å². The number of nitrogens with one attached hydrogen (secondary N) is 2. The van der Waals surface area contributed by atoms with Crippen molar-refractivity contribution in [2.24, 2.45) is 5.73 Å². The highest BCUT2D eigenvalue weighted by Crippen LogP contribution is 2.44. The van der Waals surface area contributed by atoms with Gasteiger partial charge in [-0.15, -0.1) is 0 Å². The van der Waals surface area contributed by atoms with Gasteiger partial charge in [0.05, 0.1) is 19.3 Å². The predicted molar refractivity (Wildman–Crippen MR) is 92.7 cm³/mol. The Labute approximate surface area is 143 Å². The summed E-state index contributed by atoms with van der Waals surface area (Å²) in [7, 11) is 3.04. The Balaban J connectivity index is 1.94. The summed E-state index contributed by atoms with van der Waals surface area (Å²) in [6, 6.07) is 8.48. The molecule has 124 valence electrons. The van der Waals surface area contributed by atoms with Crippen LogP contribution in [-0.4, -0.2) is 30.2 Å². The van der Waals surface area contributed by atoms with Crippen molar-refractivity contribution in [3.8, 4) is 11.6 Å². The van der Waals surface area contributed by atoms with Crippen molar-refractivity contribution in [2.45, 2.75) is 4.87 Å². The molecule has 0 radical (unpaired) electrons. The van der Waals surface area contributed by atoms with Gasteiger partial charge < -0.3 is 20.5 Å². The van der Waals surface area contributed by atoms with Crippen molar-refractivity contribution in [1.82, 2.24) is 4.98 Å². The first-order chi connectivity index (χ1) is 11.5. The number of carbonyl (C=O) groups excluding carboxylic acids is 1. The normalized spacial score (nSPS) is 18.7. The van der Waals surface area contributed by atoms with E-state index in [0.717, 1.165) is 11.8 Å². The Kier molecular flexibility index (Phi) is 4.16. The van der Waals surface area contributed by atoms with Gasteiger partial charge in [-0.05, 0) is 24.3 Å². The second kappa shape index (κ2) is 6.14. The fourth-order valence-corrected chi connectivity index (χ4v) is 3.38. The molecule has 1 aromatic carbocycles. The zero-order valence-electron chi connectivity index (χ0n) is 13.1. The molecule has 3 rings (SSSR count). The molecular weight excluding hydrogens is 328 g/mol. The van der Waals surface area contributed by atoms with Crippen molar-refractivity contribution in [2.75, 3.05) is 19.5 Å². The van der Waals surface area contributed by atoms with Crippen LogP contribution in [-0.2, 0) is 9.67 Å². The molecule has 2 aromatic rings. The summed E-state index contributed by atoms with van der Waals surface area (Å²) in [5, 5.41) is 11.2. The zero-order valence-corrected chi connectivity index (χ0v) is 13.9. The van der Waals surface area contributed by atoms with Crippen LogP contribution in [0.4, 0.5) is 5.69 Å². The zero-order chi connectivity index (χ0) is 17.3. The summed E-state index contributed by atoms with van der Waals surface area (Å²) >= 11 is 0.962. The lowest BCUT2D eigenvalue weighted by Crippen LogP contribution is -2.41. The van der Waals surface area contributed by atoms with Crippen LogP contribution in [0.3, 0.4) is 0 Å². The first-order valence-electron chi connectivity index (χ1n) is 7.04. The van der Waals surface area contributed by atoms with Crippen molar-refractivity contribution < 1.29 is 14.3 Å². The standard InChI is InChI=1S/C16H16N4O3S/c1-22-10-3-4-12-11(8-10)16(18,15(21)20-12)24-14(17)9-5-6-19-13(7-9)23-2/h3-8,17H,18H2,1-2H3,(H,20,21). The van der Waals surface area contributed by atoms with Crippen LogP contribution in [0, 0.1) is 5.41 Å². The number of nitrogens with two attached hydrogens (primary N) is 1. The average molecular weight is 344 g/mol. The Morgan fingerprint density at radius 2 is 2.08 bits per heavy atom. The fourth-order valence-electron chi connectivity index (χ4n) is 2.39. The maximum Gasteiger partial charge on any atom is 0.260 e. The Morgan fingerprint density at radius 3 is 2.79 bits per heavy atom. The number of anilines is 1. The number of methoxy groups -OCH3 is 2. The van der Waals surface area contributed by atoms with Crippen molar-refractivity contribution >= 4 is 28.4 Å². The average Bonchev–Trinajstić information content (AvgIpc) is 2.85. The minimum atomic E-state index is -1.41. The van der Waals surface area contributed by atoms with Gasteiger partial charge in [0.15, 0.2) is 4.87 Å². The van der Waals surface area contributed by atoms with Gasteiger partial charge in [0.2, 0.25) is 5.88 Å². The largest absolute Gasteiger partial charge is 0.497 e. The first kappa shape index (κ1) is 16.3. The molecular formula is C16H16N4O3S. The maximum atomic E-state index is 12.4. The molecule has 0 aliphatic carbocycles. The number of ether oxygens (including phenoxy) is 2. The van der Waals surface area contributed by atoms with Crippen molar-refractivity contribution in [3.05, 3.63) is 47.7 Å². The van der Waals surface area contributed by atoms with Gasteiger partial charge in [-0.25, -0.2) is 4.98 Å². The third-order valence-electron chi connectivity index (χ3n) is 3.68. The SMILES string of the molecule is COc1ccc2c(c1)C(N)(SC(=N)c1ccnc(OC)c1)C(=O)N2. The van der Waals surface area contributed by atoms with E-state index in [0.29, 0.717) is 28.4 Å². The van der Waals surface area contributed by atoms with E-state index in [1.807, 2.05) is 0 Å². The Morgan fingerprint density at radius 1 is 1.29 bits per heavy atom. The van der Waals surface area contributed by atoms with Crippen LogP contribution in [0.1, 0.15) is 11.1 Å². The molecule has 7 nitrogen and oxygen atoms in total. The van der Waals surface area contributed by atoms with Gasteiger partial charge in [0.25, 0.3) is 5.91 Å². The smallest absolute Gasteiger partial charge is 0.260 e. The number of carbonyl (C=O) groups is 1. The minimum absolute atomic E-state index is 0.143. The van der Waals surface area contributed by atoms with Crippen LogP contribution in [0.15, 0.2) is 36.5 Å². The molecule has 24 heavy (non-hydrogen) atoms. The van der Waals surface area contributed by atoms with Crippen molar-refractivity contribution in [1.29, 1.82) is 5.41 Å². The maximum absolute atomic E-state index is 12.4. The highest BCUT2D eigenvalue weighted by molar-refractivity contribution is 8.15. The molecule has 0 spiro atoms. The first-order valence-corrected chi connectivity index (χ1v) is 7.86. The van der Waals surface area contributed by atoms with Gasteiger partial charge in [-0.3, -0.25) is 10.2 Å². The second-order valence-electron chi connectivity index (χ2n) is 5.12. The number of hydrogen-bond donors (Lipinski definition) is 3. The van der Waals surface area contributed by atoms with Crippen LogP contribution in [0.2, 0.25) is 0 Å². The molecule has 0 fully saturated rings. The monoisotopic (exact) mass is 344 g/mol. The number of aromatic nitrogens is 1. The van der Waals surface area contributed by atoms with Crippen LogP contribution < -0.4 is 20.5 Å². The lowest BCUT2D eigenvalue weighted by Gasteiger charge is -2.22. The predicted octanol–water partition coefficient (Wildman–Crippen LogP) is 1.92. The van der Waals surface area contributed by atoms with Crippen LogP contribution in [0.25, 0.3) is 0 Å². The fraction of sp³-hybridized carbons (Fsp3) is 0.188. The number of fused-ring (bicyclic) bond motifs is 1. The minimum Gasteiger partial charge on any atom is -0.497 e. The van der Waals surface area contributed by atoms with E-state index < -0.39 is 4.87 Å². The van der Waals surface area contributed by atoms with Gasteiger partial charge in [0.1, 0.15) is 5.75 Å². The van der Waals surface area contributed by atoms with Gasteiger partial charge in [-0.2, -0.15) is 0 Å². The van der Waals surface area contributed by atoms with E-state index >= 15 is 0 Å². The molecule has 0 saturated carbocycles. The summed E-state index contributed by atoms with van der Waals surface area (Å²) in [6.45, 7) is 0. The van der Waals surface area contributed by atoms with E-state index in [4.69, 9.17) is 20.6 Å². The highest BCUT2D eigenvalue weighted by Gasteiger charge is 2.45. The molecule has 1 aliphatic rings. The van der Waals surface area contributed by atoms with Crippen LogP contribution in [0.5, 0.6) is 11.6 Å². The van der Waals surface area contributed by atoms with E-state index in [-0.39, 0.29) is 11.0 Å². The molecule has 2 heterocycles. The molecule has 1 amide bonds. The summed E-state index contributed by atoms with van der Waals surface area (Å²) in [5.74, 6) is 0.612.